The van der Waals surface area contributed by atoms with Crippen LogP contribution in [0, 0.1) is 0 Å². The highest BCUT2D eigenvalue weighted by Crippen LogP contribution is 2.24. The van der Waals surface area contributed by atoms with Gasteiger partial charge in [-0.2, -0.15) is 0 Å². The molecule has 0 saturated carbocycles. The summed E-state index contributed by atoms with van der Waals surface area (Å²) in [4.78, 5) is 12.0. The highest BCUT2D eigenvalue weighted by atomic mass is 32.2. The van der Waals surface area contributed by atoms with Crippen LogP contribution in [-0.2, 0) is 26.7 Å². The molecule has 0 bridgehead atoms. The second kappa shape index (κ2) is 8.54. The van der Waals surface area contributed by atoms with Gasteiger partial charge in [-0.3, -0.25) is 4.79 Å². The summed E-state index contributed by atoms with van der Waals surface area (Å²) in [7, 11) is -3.68. The maximum atomic E-state index is 11.9. The number of carbonyl (C=O) groups is 1. The van der Waals surface area contributed by atoms with Crippen LogP contribution in [0.5, 0.6) is 5.75 Å². The average Bonchev–Trinajstić information content (AvgIpc) is 2.59. The third-order valence-electron chi connectivity index (χ3n) is 4.08. The monoisotopic (exact) mass is 390 g/mol. The Labute approximate surface area is 160 Å². The molecule has 0 atom stereocenters. The molecule has 0 unspecified atom stereocenters. The molecule has 1 amide bonds. The summed E-state index contributed by atoms with van der Waals surface area (Å²) < 4.78 is 27.9. The molecule has 0 aliphatic carbocycles. The van der Waals surface area contributed by atoms with Crippen molar-refractivity contribution in [3.05, 3.63) is 59.7 Å². The van der Waals surface area contributed by atoms with Crippen molar-refractivity contribution in [3.8, 4) is 5.75 Å². The van der Waals surface area contributed by atoms with Gasteiger partial charge < -0.3 is 10.1 Å². The maximum Gasteiger partial charge on any atom is 0.257 e. The number of carbonyl (C=O) groups excluding carboxylic acids is 1. The van der Waals surface area contributed by atoms with E-state index in [2.05, 4.69) is 26.1 Å². The normalized spacial score (nSPS) is 11.9. The van der Waals surface area contributed by atoms with Crippen LogP contribution in [0.3, 0.4) is 0 Å². The number of rotatable bonds is 7. The zero-order valence-corrected chi connectivity index (χ0v) is 16.7. The number of amides is 1. The van der Waals surface area contributed by atoms with E-state index in [1.54, 1.807) is 12.1 Å². The molecule has 0 spiro atoms. The van der Waals surface area contributed by atoms with Gasteiger partial charge in [0.05, 0.1) is 4.90 Å². The van der Waals surface area contributed by atoms with E-state index in [4.69, 9.17) is 9.88 Å². The molecular weight excluding hydrogens is 364 g/mol. The Kier molecular flexibility index (Phi) is 6.62. The van der Waals surface area contributed by atoms with Gasteiger partial charge >= 0.3 is 0 Å². The molecule has 0 aromatic heterocycles. The number of nitrogens with one attached hydrogen (secondary N) is 1. The number of ether oxygens (including phenoxy) is 1. The molecular formula is C20H26N2O4S. The zero-order chi connectivity index (χ0) is 20.1. The van der Waals surface area contributed by atoms with E-state index >= 15 is 0 Å². The van der Waals surface area contributed by atoms with Gasteiger partial charge in [0, 0.05) is 6.54 Å². The lowest BCUT2D eigenvalue weighted by Crippen LogP contribution is -2.30. The smallest absolute Gasteiger partial charge is 0.257 e. The molecule has 0 saturated heterocycles. The van der Waals surface area contributed by atoms with Crippen molar-refractivity contribution >= 4 is 15.9 Å². The van der Waals surface area contributed by atoms with E-state index in [-0.39, 0.29) is 22.8 Å². The van der Waals surface area contributed by atoms with Gasteiger partial charge in [0.15, 0.2) is 6.61 Å². The van der Waals surface area contributed by atoms with Crippen molar-refractivity contribution in [1.82, 2.24) is 5.32 Å². The van der Waals surface area contributed by atoms with Crippen molar-refractivity contribution in [2.75, 3.05) is 13.2 Å². The van der Waals surface area contributed by atoms with Gasteiger partial charge in [0.1, 0.15) is 5.75 Å². The Morgan fingerprint density at radius 3 is 2.15 bits per heavy atom. The van der Waals surface area contributed by atoms with Crippen LogP contribution >= 0.6 is 0 Å². The minimum atomic E-state index is -3.68. The fourth-order valence-electron chi connectivity index (χ4n) is 2.44. The summed E-state index contributed by atoms with van der Waals surface area (Å²) in [6.07, 6.45) is 0.580. The number of primary sulfonamides is 1. The molecule has 6 nitrogen and oxygen atoms in total. The molecule has 2 rings (SSSR count). The first kappa shape index (κ1) is 20.9. The quantitative estimate of drug-likeness (QED) is 0.758. The fraction of sp³-hybridized carbons (Fsp3) is 0.350. The van der Waals surface area contributed by atoms with Crippen LogP contribution in [0.1, 0.15) is 31.9 Å². The third kappa shape index (κ3) is 6.69. The minimum absolute atomic E-state index is 0.0563. The van der Waals surface area contributed by atoms with E-state index in [1.807, 2.05) is 24.3 Å². The second-order valence-corrected chi connectivity index (χ2v) is 8.91. The first-order valence-electron chi connectivity index (χ1n) is 8.67. The lowest BCUT2D eigenvalue weighted by Gasteiger charge is -2.19. The summed E-state index contributed by atoms with van der Waals surface area (Å²) in [5.74, 6) is 0.438. The van der Waals surface area contributed by atoms with Crippen molar-refractivity contribution < 1.29 is 17.9 Å². The standard InChI is InChI=1S/C20H26N2O4S/c1-20(2,3)16-6-8-17(9-7-16)26-14-19(23)22-13-12-15-4-10-18(11-5-15)27(21,24)25/h4-11H,12-14H2,1-3H3,(H,22,23)(H2,21,24,25). The lowest BCUT2D eigenvalue weighted by molar-refractivity contribution is -0.123. The highest BCUT2D eigenvalue weighted by molar-refractivity contribution is 7.89. The average molecular weight is 391 g/mol. The van der Waals surface area contributed by atoms with Crippen molar-refractivity contribution in [2.45, 2.75) is 37.5 Å². The summed E-state index contributed by atoms with van der Waals surface area (Å²) in [6, 6.07) is 14.0. The van der Waals surface area contributed by atoms with Gasteiger partial charge in [-0.1, -0.05) is 45.0 Å². The predicted molar refractivity (Wildman–Crippen MR) is 105 cm³/mol. The molecule has 0 heterocycles. The van der Waals surface area contributed by atoms with E-state index in [0.717, 1.165) is 5.56 Å². The third-order valence-corrected chi connectivity index (χ3v) is 5.01. The Balaban J connectivity index is 1.75. The molecule has 146 valence electrons. The highest BCUT2D eigenvalue weighted by Gasteiger charge is 2.13. The number of hydrogen-bond acceptors (Lipinski definition) is 4. The summed E-state index contributed by atoms with van der Waals surface area (Å²) >= 11 is 0. The van der Waals surface area contributed by atoms with Gasteiger partial charge in [-0.25, -0.2) is 13.6 Å². The van der Waals surface area contributed by atoms with Crippen LogP contribution < -0.4 is 15.2 Å². The molecule has 0 radical (unpaired) electrons. The zero-order valence-electron chi connectivity index (χ0n) is 15.9. The van der Waals surface area contributed by atoms with Crippen LogP contribution in [-0.4, -0.2) is 27.5 Å². The Bertz CT molecular complexity index is 868. The predicted octanol–water partition coefficient (Wildman–Crippen LogP) is 2.37. The maximum absolute atomic E-state index is 11.9. The first-order chi connectivity index (χ1) is 12.6. The minimum Gasteiger partial charge on any atom is -0.484 e. The van der Waals surface area contributed by atoms with Crippen molar-refractivity contribution in [1.29, 1.82) is 0 Å². The van der Waals surface area contributed by atoms with Crippen LogP contribution in [0.2, 0.25) is 0 Å². The van der Waals surface area contributed by atoms with Gasteiger partial charge in [-0.05, 0) is 47.2 Å². The molecule has 2 aromatic rings. The fourth-order valence-corrected chi connectivity index (χ4v) is 2.96. The Morgan fingerprint density at radius 1 is 1.04 bits per heavy atom. The van der Waals surface area contributed by atoms with E-state index in [9.17, 15) is 13.2 Å². The van der Waals surface area contributed by atoms with E-state index in [1.165, 1.54) is 17.7 Å². The van der Waals surface area contributed by atoms with Gasteiger partial charge in [-0.15, -0.1) is 0 Å². The summed E-state index contributed by atoms with van der Waals surface area (Å²) in [6.45, 7) is 6.79. The van der Waals surface area contributed by atoms with Gasteiger partial charge in [0.2, 0.25) is 10.0 Å². The first-order valence-corrected chi connectivity index (χ1v) is 10.2. The number of sulfonamides is 1. The number of benzene rings is 2. The van der Waals surface area contributed by atoms with Crippen LogP contribution in [0.25, 0.3) is 0 Å². The molecule has 7 heteroatoms. The SMILES string of the molecule is CC(C)(C)c1ccc(OCC(=O)NCCc2ccc(S(N)(=O)=O)cc2)cc1. The topological polar surface area (TPSA) is 98.5 Å². The Hall–Kier alpha value is -2.38. The molecule has 2 aromatic carbocycles. The number of hydrogen-bond donors (Lipinski definition) is 2. The Morgan fingerprint density at radius 2 is 1.63 bits per heavy atom. The molecule has 3 N–H and O–H groups in total. The van der Waals surface area contributed by atoms with Crippen molar-refractivity contribution in [2.24, 2.45) is 5.14 Å². The molecule has 0 aliphatic rings. The molecule has 0 aliphatic heterocycles. The lowest BCUT2D eigenvalue weighted by atomic mass is 9.87. The van der Waals surface area contributed by atoms with E-state index in [0.29, 0.717) is 18.7 Å². The summed E-state index contributed by atoms with van der Waals surface area (Å²) in [5, 5.41) is 7.83. The second-order valence-electron chi connectivity index (χ2n) is 7.35. The molecule has 27 heavy (non-hydrogen) atoms. The molecule has 0 fully saturated rings. The van der Waals surface area contributed by atoms with Crippen LogP contribution in [0.4, 0.5) is 0 Å². The largest absolute Gasteiger partial charge is 0.484 e. The van der Waals surface area contributed by atoms with Crippen molar-refractivity contribution in [3.63, 3.8) is 0 Å². The number of nitrogens with two attached hydrogens (primary N) is 1. The van der Waals surface area contributed by atoms with Gasteiger partial charge in [0.25, 0.3) is 5.91 Å². The van der Waals surface area contributed by atoms with Crippen LogP contribution in [0.15, 0.2) is 53.4 Å². The summed E-state index contributed by atoms with van der Waals surface area (Å²) in [5.41, 5.74) is 2.18. The van der Waals surface area contributed by atoms with E-state index < -0.39 is 10.0 Å².